The number of nitrogen functional groups attached to an aromatic ring is 1. The molecule has 0 saturated heterocycles. The van der Waals surface area contributed by atoms with Crippen LogP contribution in [-0.4, -0.2) is 29.5 Å². The predicted octanol–water partition coefficient (Wildman–Crippen LogP) is 4.23. The van der Waals surface area contributed by atoms with E-state index in [4.69, 9.17) is 15.2 Å². The zero-order valence-electron chi connectivity index (χ0n) is 17.6. The van der Waals surface area contributed by atoms with Crippen molar-refractivity contribution in [2.24, 2.45) is 5.92 Å². The molecule has 3 N–H and O–H groups in total. The van der Waals surface area contributed by atoms with Gasteiger partial charge in [0.05, 0.1) is 0 Å². The van der Waals surface area contributed by atoms with E-state index in [1.54, 1.807) is 6.92 Å². The van der Waals surface area contributed by atoms with Crippen molar-refractivity contribution >= 4 is 11.4 Å². The lowest BCUT2D eigenvalue weighted by atomic mass is 9.76. The lowest BCUT2D eigenvalue weighted by molar-refractivity contribution is -0.281. The zero-order valence-corrected chi connectivity index (χ0v) is 17.6. The van der Waals surface area contributed by atoms with Gasteiger partial charge in [-0.25, -0.2) is 0 Å². The minimum atomic E-state index is -1.51. The molecule has 0 amide bonds. The molecule has 3 unspecified atom stereocenters. The van der Waals surface area contributed by atoms with Gasteiger partial charge < -0.3 is 25.2 Å². The largest absolute Gasteiger partial charge is 0.398 e. The van der Waals surface area contributed by atoms with E-state index in [-0.39, 0.29) is 5.54 Å². The fraction of sp³-hybridized carbons (Fsp3) is 0.714. The summed E-state index contributed by atoms with van der Waals surface area (Å²) in [6.07, 6.45) is 0.406. The minimum Gasteiger partial charge on any atom is -0.398 e. The van der Waals surface area contributed by atoms with Gasteiger partial charge in [0.2, 0.25) is 5.91 Å². The number of nitrogens with zero attached hydrogens (tertiary/aromatic N) is 1. The smallest absolute Gasteiger partial charge is 0.248 e. The molecule has 0 aromatic heterocycles. The molecule has 1 aliphatic rings. The molecule has 2 rings (SSSR count). The third kappa shape index (κ3) is 3.85. The average molecular weight is 365 g/mol. The average Bonchev–Trinajstić information content (AvgIpc) is 2.47. The first kappa shape index (κ1) is 21.0. The predicted molar refractivity (Wildman–Crippen MR) is 107 cm³/mol. The molecule has 1 aliphatic heterocycles. The zero-order chi connectivity index (χ0) is 19.9. The minimum absolute atomic E-state index is 0.299. The number of hydrogen-bond donors (Lipinski definition) is 2. The Morgan fingerprint density at radius 3 is 2.50 bits per heavy atom. The molecule has 1 heterocycles. The van der Waals surface area contributed by atoms with E-state index in [9.17, 15) is 5.11 Å². The van der Waals surface area contributed by atoms with Crippen molar-refractivity contribution in [1.82, 2.24) is 0 Å². The topological polar surface area (TPSA) is 68.0 Å². The van der Waals surface area contributed by atoms with Crippen molar-refractivity contribution in [3.8, 4) is 0 Å². The summed E-state index contributed by atoms with van der Waals surface area (Å²) in [5, 5.41) is 11.3. The summed E-state index contributed by atoms with van der Waals surface area (Å²) in [6.45, 7) is 16.7. The van der Waals surface area contributed by atoms with Crippen LogP contribution in [0.4, 0.5) is 11.4 Å². The Hall–Kier alpha value is -1.30. The van der Waals surface area contributed by atoms with E-state index >= 15 is 0 Å². The molecule has 1 aromatic carbocycles. The van der Waals surface area contributed by atoms with E-state index < -0.39 is 12.2 Å². The van der Waals surface area contributed by atoms with Gasteiger partial charge in [0.1, 0.15) is 0 Å². The Bertz CT molecular complexity index is 640. The Labute approximate surface area is 158 Å². The van der Waals surface area contributed by atoms with Gasteiger partial charge in [0.25, 0.3) is 0 Å². The summed E-state index contributed by atoms with van der Waals surface area (Å²) >= 11 is 0. The highest BCUT2D eigenvalue weighted by Crippen LogP contribution is 2.46. The summed E-state index contributed by atoms with van der Waals surface area (Å²) in [6, 6.07) is 4.18. The summed E-state index contributed by atoms with van der Waals surface area (Å²) in [7, 11) is 0. The van der Waals surface area contributed by atoms with Crippen molar-refractivity contribution < 1.29 is 14.6 Å². The maximum absolute atomic E-state index is 11.3. The molecule has 5 nitrogen and oxygen atoms in total. The Kier molecular flexibility index (Phi) is 5.96. The Morgan fingerprint density at radius 1 is 1.35 bits per heavy atom. The standard InChI is InChI=1S/C21H36N2O3/c1-9-25-15(5)26-21(8,24)23-19-12-17(13(2)3)18(22)11-16(19)10-14(4)20(23,6)7/h11-15,24H,9-10,22H2,1-8H3. The maximum atomic E-state index is 11.3. The normalized spacial score (nSPS) is 22.8. The molecule has 0 bridgehead atoms. The molecule has 0 radical (unpaired) electrons. The molecule has 148 valence electrons. The lowest BCUT2D eigenvalue weighted by Gasteiger charge is -2.55. The van der Waals surface area contributed by atoms with Crippen LogP contribution in [0.15, 0.2) is 12.1 Å². The van der Waals surface area contributed by atoms with E-state index in [1.165, 1.54) is 0 Å². The second kappa shape index (κ2) is 7.37. The van der Waals surface area contributed by atoms with E-state index in [0.717, 1.165) is 28.9 Å². The molecular formula is C21H36N2O3. The number of hydrogen-bond acceptors (Lipinski definition) is 5. The first-order chi connectivity index (χ1) is 11.9. The number of rotatable bonds is 6. The second-order valence-electron chi connectivity index (χ2n) is 8.43. The first-order valence-electron chi connectivity index (χ1n) is 9.66. The van der Waals surface area contributed by atoms with Crippen molar-refractivity contribution in [2.75, 3.05) is 17.2 Å². The van der Waals surface area contributed by atoms with Crippen molar-refractivity contribution in [3.05, 3.63) is 23.3 Å². The quantitative estimate of drug-likeness (QED) is 0.584. The molecule has 0 saturated carbocycles. The van der Waals surface area contributed by atoms with Crippen LogP contribution in [0.25, 0.3) is 0 Å². The summed E-state index contributed by atoms with van der Waals surface area (Å²) in [4.78, 5) is 1.99. The van der Waals surface area contributed by atoms with Crippen molar-refractivity contribution in [3.63, 3.8) is 0 Å². The van der Waals surface area contributed by atoms with Crippen LogP contribution in [0, 0.1) is 5.92 Å². The Morgan fingerprint density at radius 2 is 1.96 bits per heavy atom. The molecule has 3 atom stereocenters. The monoisotopic (exact) mass is 364 g/mol. The fourth-order valence-electron chi connectivity index (χ4n) is 4.04. The second-order valence-corrected chi connectivity index (χ2v) is 8.43. The first-order valence-corrected chi connectivity index (χ1v) is 9.66. The van der Waals surface area contributed by atoms with E-state index in [1.807, 2.05) is 18.7 Å². The van der Waals surface area contributed by atoms with Gasteiger partial charge in [0.15, 0.2) is 6.29 Å². The van der Waals surface area contributed by atoms with Crippen molar-refractivity contribution in [2.45, 2.75) is 85.5 Å². The molecule has 26 heavy (non-hydrogen) atoms. The number of benzene rings is 1. The van der Waals surface area contributed by atoms with Gasteiger partial charge in [-0.05, 0) is 69.2 Å². The van der Waals surface area contributed by atoms with Crippen LogP contribution in [0.3, 0.4) is 0 Å². The van der Waals surface area contributed by atoms with Crippen LogP contribution in [0.5, 0.6) is 0 Å². The summed E-state index contributed by atoms with van der Waals surface area (Å²) < 4.78 is 11.4. The fourth-order valence-corrected chi connectivity index (χ4v) is 4.04. The van der Waals surface area contributed by atoms with Gasteiger partial charge in [-0.15, -0.1) is 0 Å². The number of anilines is 2. The van der Waals surface area contributed by atoms with Crippen LogP contribution in [0.1, 0.15) is 72.4 Å². The van der Waals surface area contributed by atoms with Crippen molar-refractivity contribution in [1.29, 1.82) is 0 Å². The number of nitrogens with two attached hydrogens (primary N) is 1. The van der Waals surface area contributed by atoms with E-state index in [2.05, 4.69) is 46.8 Å². The van der Waals surface area contributed by atoms with Gasteiger partial charge in [-0.1, -0.05) is 20.8 Å². The summed E-state index contributed by atoms with van der Waals surface area (Å²) in [5.74, 6) is -0.888. The van der Waals surface area contributed by atoms with Crippen LogP contribution >= 0.6 is 0 Å². The lowest BCUT2D eigenvalue weighted by Crippen LogP contribution is -2.64. The highest BCUT2D eigenvalue weighted by atomic mass is 16.7. The van der Waals surface area contributed by atoms with Gasteiger partial charge in [0, 0.05) is 30.4 Å². The SMILES string of the molecule is CCOC(C)OC(C)(O)N1c2cc(C(C)C)c(N)cc2CC(C)C1(C)C. The molecular weight excluding hydrogens is 328 g/mol. The number of aliphatic hydroxyl groups is 1. The van der Waals surface area contributed by atoms with Gasteiger partial charge in [-0.2, -0.15) is 0 Å². The highest BCUT2D eigenvalue weighted by Gasteiger charge is 2.48. The van der Waals surface area contributed by atoms with Crippen LogP contribution in [-0.2, 0) is 15.9 Å². The van der Waals surface area contributed by atoms with Gasteiger partial charge in [-0.3, -0.25) is 0 Å². The molecule has 5 heteroatoms. The highest BCUT2D eigenvalue weighted by molar-refractivity contribution is 5.67. The third-order valence-electron chi connectivity index (χ3n) is 5.66. The van der Waals surface area contributed by atoms with Crippen LogP contribution < -0.4 is 10.6 Å². The Balaban J connectivity index is 2.57. The van der Waals surface area contributed by atoms with E-state index in [0.29, 0.717) is 18.4 Å². The molecule has 1 aromatic rings. The summed E-state index contributed by atoms with van der Waals surface area (Å²) in [5.41, 5.74) is 10.0. The third-order valence-corrected chi connectivity index (χ3v) is 5.66. The van der Waals surface area contributed by atoms with Gasteiger partial charge >= 0.3 is 0 Å². The molecule has 0 aliphatic carbocycles. The van der Waals surface area contributed by atoms with Crippen LogP contribution in [0.2, 0.25) is 0 Å². The maximum Gasteiger partial charge on any atom is 0.248 e. The molecule has 0 spiro atoms. The number of ether oxygens (including phenoxy) is 2. The number of fused-ring (bicyclic) bond motifs is 1. The molecule has 0 fully saturated rings.